The van der Waals surface area contributed by atoms with E-state index in [-0.39, 0.29) is 0 Å². The number of nitrogens with zero attached hydrogens (tertiary/aromatic N) is 1. The summed E-state index contributed by atoms with van der Waals surface area (Å²) in [4.78, 5) is 0. The van der Waals surface area contributed by atoms with Crippen LogP contribution in [0.3, 0.4) is 0 Å². The maximum absolute atomic E-state index is 8.70. The molecule has 1 aliphatic rings. The van der Waals surface area contributed by atoms with Crippen LogP contribution in [0.5, 0.6) is 0 Å². The molecule has 0 amide bonds. The molecule has 0 bridgehead atoms. The van der Waals surface area contributed by atoms with E-state index in [9.17, 15) is 0 Å². The fraction of sp³-hybridized carbons (Fsp3) is 0.375. The second kappa shape index (κ2) is 2.66. The summed E-state index contributed by atoms with van der Waals surface area (Å²) in [5.74, 6) is 0.523. The third-order valence-electron chi connectivity index (χ3n) is 1.89. The molecule has 0 radical (unpaired) electrons. The quantitative estimate of drug-likeness (QED) is 0.409. The second-order valence-electron chi connectivity index (χ2n) is 2.77. The van der Waals surface area contributed by atoms with Crippen molar-refractivity contribution in [3.8, 4) is 0 Å². The Morgan fingerprint density at radius 1 is 1.64 bits per heavy atom. The zero-order valence-corrected chi connectivity index (χ0v) is 6.84. The molecule has 1 fully saturated rings. The van der Waals surface area contributed by atoms with Crippen molar-refractivity contribution < 1.29 is 5.21 Å². The molecule has 1 saturated carbocycles. The molecule has 2 nitrogen and oxygen atoms in total. The average Bonchev–Trinajstić information content (AvgIpc) is 2.68. The molecule has 0 unspecified atom stereocenters. The molecule has 58 valence electrons. The van der Waals surface area contributed by atoms with Gasteiger partial charge in [-0.2, -0.15) is 11.3 Å². The number of oxime groups is 1. The van der Waals surface area contributed by atoms with Gasteiger partial charge in [0.15, 0.2) is 0 Å². The smallest absolute Gasteiger partial charge is 0.0906 e. The van der Waals surface area contributed by atoms with E-state index in [0.29, 0.717) is 5.92 Å². The Kier molecular flexibility index (Phi) is 1.66. The Labute approximate surface area is 69.2 Å². The lowest BCUT2D eigenvalue weighted by molar-refractivity contribution is 0.317. The summed E-state index contributed by atoms with van der Waals surface area (Å²) in [6.45, 7) is 0. The first-order valence-electron chi connectivity index (χ1n) is 3.66. The fourth-order valence-corrected chi connectivity index (χ4v) is 1.79. The molecular weight excluding hydrogens is 158 g/mol. The molecule has 1 heterocycles. The van der Waals surface area contributed by atoms with E-state index in [0.717, 1.165) is 11.3 Å². The third-order valence-corrected chi connectivity index (χ3v) is 2.57. The monoisotopic (exact) mass is 167 g/mol. The first kappa shape index (κ1) is 6.85. The topological polar surface area (TPSA) is 32.6 Å². The number of hydrogen-bond acceptors (Lipinski definition) is 3. The van der Waals surface area contributed by atoms with E-state index >= 15 is 0 Å². The van der Waals surface area contributed by atoms with E-state index in [1.807, 2.05) is 16.8 Å². The highest BCUT2D eigenvalue weighted by Gasteiger charge is 2.29. The summed E-state index contributed by atoms with van der Waals surface area (Å²) in [5, 5.41) is 16.0. The molecule has 0 aliphatic heterocycles. The van der Waals surface area contributed by atoms with Gasteiger partial charge in [-0.05, 0) is 29.7 Å². The first-order chi connectivity index (χ1) is 5.42. The SMILES string of the molecule is O/N=C(/c1ccsc1)C1CC1. The van der Waals surface area contributed by atoms with Crippen LogP contribution in [0.15, 0.2) is 22.0 Å². The van der Waals surface area contributed by atoms with Crippen LogP contribution in [0.2, 0.25) is 0 Å². The Balaban J connectivity index is 2.25. The van der Waals surface area contributed by atoms with Crippen molar-refractivity contribution in [1.29, 1.82) is 0 Å². The van der Waals surface area contributed by atoms with Gasteiger partial charge in [-0.15, -0.1) is 0 Å². The summed E-state index contributed by atoms with van der Waals surface area (Å²) in [6.07, 6.45) is 2.35. The van der Waals surface area contributed by atoms with Crippen LogP contribution < -0.4 is 0 Å². The van der Waals surface area contributed by atoms with Gasteiger partial charge < -0.3 is 5.21 Å². The molecule has 0 aromatic carbocycles. The Morgan fingerprint density at radius 2 is 2.45 bits per heavy atom. The normalized spacial score (nSPS) is 18.7. The van der Waals surface area contributed by atoms with Crippen LogP contribution in [0.1, 0.15) is 18.4 Å². The molecule has 1 N–H and O–H groups in total. The molecule has 3 heteroatoms. The van der Waals surface area contributed by atoms with Crippen molar-refractivity contribution in [2.45, 2.75) is 12.8 Å². The molecule has 1 aromatic heterocycles. The van der Waals surface area contributed by atoms with Crippen LogP contribution in [0.4, 0.5) is 0 Å². The minimum absolute atomic E-state index is 0.523. The lowest BCUT2D eigenvalue weighted by Gasteiger charge is -1.95. The highest BCUT2D eigenvalue weighted by molar-refractivity contribution is 7.08. The Bertz CT molecular complexity index is 262. The van der Waals surface area contributed by atoms with Gasteiger partial charge in [0, 0.05) is 11.5 Å². The number of thiophene rings is 1. The Hall–Kier alpha value is -0.830. The largest absolute Gasteiger partial charge is 0.411 e. The van der Waals surface area contributed by atoms with E-state index in [1.165, 1.54) is 12.8 Å². The summed E-state index contributed by atoms with van der Waals surface area (Å²) >= 11 is 1.64. The summed E-state index contributed by atoms with van der Waals surface area (Å²) in [6, 6.07) is 2.00. The fourth-order valence-electron chi connectivity index (χ4n) is 1.14. The molecule has 0 saturated heterocycles. The second-order valence-corrected chi connectivity index (χ2v) is 3.55. The zero-order valence-electron chi connectivity index (χ0n) is 6.03. The van der Waals surface area contributed by atoms with Crippen molar-refractivity contribution in [3.05, 3.63) is 22.4 Å². The van der Waals surface area contributed by atoms with Crippen LogP contribution in [-0.4, -0.2) is 10.9 Å². The van der Waals surface area contributed by atoms with Gasteiger partial charge >= 0.3 is 0 Å². The van der Waals surface area contributed by atoms with Gasteiger partial charge in [0.05, 0.1) is 5.71 Å². The average molecular weight is 167 g/mol. The predicted molar refractivity (Wildman–Crippen MR) is 45.4 cm³/mol. The molecule has 0 spiro atoms. The molecule has 1 aromatic rings. The maximum atomic E-state index is 8.70. The summed E-state index contributed by atoms with van der Waals surface area (Å²) in [5.41, 5.74) is 1.95. The minimum atomic E-state index is 0.523. The number of hydrogen-bond donors (Lipinski definition) is 1. The minimum Gasteiger partial charge on any atom is -0.411 e. The first-order valence-corrected chi connectivity index (χ1v) is 4.60. The standard InChI is InChI=1S/C8H9NOS/c10-9-8(6-1-2-6)7-3-4-11-5-7/h3-6,10H,1-2H2/b9-8+. The third kappa shape index (κ3) is 1.28. The number of rotatable bonds is 2. The molecule has 1 aliphatic carbocycles. The van der Waals surface area contributed by atoms with Gasteiger partial charge in [-0.25, -0.2) is 0 Å². The highest BCUT2D eigenvalue weighted by Crippen LogP contribution is 2.33. The maximum Gasteiger partial charge on any atom is 0.0906 e. The van der Waals surface area contributed by atoms with Crippen LogP contribution in [-0.2, 0) is 0 Å². The predicted octanol–water partition coefficient (Wildman–Crippen LogP) is 2.34. The molecule has 11 heavy (non-hydrogen) atoms. The van der Waals surface area contributed by atoms with E-state index in [2.05, 4.69) is 5.16 Å². The van der Waals surface area contributed by atoms with Crippen molar-refractivity contribution in [2.75, 3.05) is 0 Å². The van der Waals surface area contributed by atoms with Crippen molar-refractivity contribution in [3.63, 3.8) is 0 Å². The van der Waals surface area contributed by atoms with Gasteiger partial charge in [0.1, 0.15) is 0 Å². The van der Waals surface area contributed by atoms with Gasteiger partial charge in [-0.3, -0.25) is 0 Å². The lowest BCUT2D eigenvalue weighted by Crippen LogP contribution is -2.00. The van der Waals surface area contributed by atoms with Gasteiger partial charge in [0.25, 0.3) is 0 Å². The van der Waals surface area contributed by atoms with Crippen LogP contribution in [0, 0.1) is 5.92 Å². The molecule has 0 atom stereocenters. The summed E-state index contributed by atoms with van der Waals surface area (Å²) in [7, 11) is 0. The van der Waals surface area contributed by atoms with E-state index < -0.39 is 0 Å². The van der Waals surface area contributed by atoms with Crippen molar-refractivity contribution >= 4 is 17.0 Å². The van der Waals surface area contributed by atoms with Crippen molar-refractivity contribution in [2.24, 2.45) is 11.1 Å². The van der Waals surface area contributed by atoms with E-state index in [4.69, 9.17) is 5.21 Å². The summed E-state index contributed by atoms with van der Waals surface area (Å²) < 4.78 is 0. The zero-order chi connectivity index (χ0) is 7.68. The van der Waals surface area contributed by atoms with Crippen LogP contribution in [0.25, 0.3) is 0 Å². The van der Waals surface area contributed by atoms with Gasteiger partial charge in [0.2, 0.25) is 0 Å². The van der Waals surface area contributed by atoms with Gasteiger partial charge in [-0.1, -0.05) is 5.16 Å². The van der Waals surface area contributed by atoms with Crippen LogP contribution >= 0.6 is 11.3 Å². The molecular formula is C8H9NOS. The van der Waals surface area contributed by atoms with Crippen molar-refractivity contribution in [1.82, 2.24) is 0 Å². The Morgan fingerprint density at radius 3 is 2.91 bits per heavy atom. The van der Waals surface area contributed by atoms with E-state index in [1.54, 1.807) is 11.3 Å². The molecule has 2 rings (SSSR count). The highest BCUT2D eigenvalue weighted by atomic mass is 32.1. The lowest BCUT2D eigenvalue weighted by atomic mass is 10.1.